The molecule has 118 valence electrons. The van der Waals surface area contributed by atoms with Crippen LogP contribution in [0.25, 0.3) is 0 Å². The zero-order valence-electron chi connectivity index (χ0n) is 14.1. The molecule has 0 bridgehead atoms. The fourth-order valence-electron chi connectivity index (χ4n) is 3.09. The smallest absolute Gasteiger partial charge is 0.0602 e. The van der Waals surface area contributed by atoms with Crippen molar-refractivity contribution in [2.24, 2.45) is 0 Å². The largest absolute Gasteiger partial charge is 0.300 e. The van der Waals surface area contributed by atoms with Crippen LogP contribution in [0.1, 0.15) is 67.7 Å². The normalized spacial score (nSPS) is 20.9. The summed E-state index contributed by atoms with van der Waals surface area (Å²) in [6.07, 6.45) is 7.30. The average Bonchev–Trinajstić information content (AvgIpc) is 2.58. The molecule has 3 nitrogen and oxygen atoms in total. The van der Waals surface area contributed by atoms with E-state index in [1.165, 1.54) is 28.9 Å². The van der Waals surface area contributed by atoms with Crippen molar-refractivity contribution in [3.05, 3.63) is 59.2 Å². The van der Waals surface area contributed by atoms with Gasteiger partial charge in [0.25, 0.3) is 0 Å². The molecule has 1 aliphatic rings. The molecule has 0 aliphatic carbocycles. The Morgan fingerprint density at radius 2 is 1.32 bits per heavy atom. The zero-order chi connectivity index (χ0) is 15.9. The Hall–Kier alpha value is -1.74. The minimum absolute atomic E-state index is 0.344. The highest BCUT2D eigenvalue weighted by Crippen LogP contribution is 2.33. The summed E-state index contributed by atoms with van der Waals surface area (Å²) < 4.78 is 0. The molecule has 22 heavy (non-hydrogen) atoms. The monoisotopic (exact) mass is 297 g/mol. The summed E-state index contributed by atoms with van der Waals surface area (Å²) in [5, 5.41) is 3.74. The Bertz CT molecular complexity index is 543. The number of hydrogen-bond acceptors (Lipinski definition) is 3. The lowest BCUT2D eigenvalue weighted by Crippen LogP contribution is -2.32. The van der Waals surface area contributed by atoms with Crippen molar-refractivity contribution in [3.63, 3.8) is 0 Å². The van der Waals surface area contributed by atoms with Gasteiger partial charge in [0.05, 0.1) is 23.5 Å². The van der Waals surface area contributed by atoms with Crippen molar-refractivity contribution < 1.29 is 0 Å². The van der Waals surface area contributed by atoms with Gasteiger partial charge in [-0.25, -0.2) is 0 Å². The van der Waals surface area contributed by atoms with E-state index in [4.69, 9.17) is 0 Å². The molecule has 1 aliphatic heterocycles. The van der Waals surface area contributed by atoms with Gasteiger partial charge in [-0.05, 0) is 56.4 Å². The Balaban J connectivity index is 0.000000847. The van der Waals surface area contributed by atoms with Gasteiger partial charge in [-0.15, -0.1) is 0 Å². The summed E-state index contributed by atoms with van der Waals surface area (Å²) in [5.74, 6) is 0. The number of nitrogens with zero attached hydrogens (tertiary/aromatic N) is 2. The summed E-state index contributed by atoms with van der Waals surface area (Å²) in [5.41, 5.74) is 4.91. The maximum atomic E-state index is 4.57. The van der Waals surface area contributed by atoms with Crippen LogP contribution in [0.4, 0.5) is 0 Å². The van der Waals surface area contributed by atoms with Crippen LogP contribution >= 0.6 is 0 Å². The molecule has 0 amide bonds. The van der Waals surface area contributed by atoms with Crippen molar-refractivity contribution in [1.82, 2.24) is 15.3 Å². The third-order valence-corrected chi connectivity index (χ3v) is 4.15. The number of rotatable bonds is 2. The maximum Gasteiger partial charge on any atom is 0.0602 e. The molecule has 0 saturated carbocycles. The number of hydrogen-bond donors (Lipinski definition) is 1. The Morgan fingerprint density at radius 3 is 1.73 bits per heavy atom. The highest BCUT2D eigenvalue weighted by molar-refractivity contribution is 5.25. The number of aryl methyl sites for hydroxylation is 2. The summed E-state index contributed by atoms with van der Waals surface area (Å²) >= 11 is 0. The fraction of sp³-hybridized carbons (Fsp3) is 0.474. The van der Waals surface area contributed by atoms with Gasteiger partial charge in [-0.3, -0.25) is 9.97 Å². The van der Waals surface area contributed by atoms with Crippen molar-refractivity contribution in [1.29, 1.82) is 0 Å². The quantitative estimate of drug-likeness (QED) is 0.875. The van der Waals surface area contributed by atoms with Crippen LogP contribution in [-0.4, -0.2) is 9.97 Å². The molecule has 0 aromatic carbocycles. The summed E-state index contributed by atoms with van der Waals surface area (Å²) in [6, 6.07) is 8.97. The molecule has 0 spiro atoms. The number of piperidine rings is 1. The van der Waals surface area contributed by atoms with Gasteiger partial charge < -0.3 is 5.32 Å². The predicted molar refractivity (Wildman–Crippen MR) is 91.8 cm³/mol. The first kappa shape index (κ1) is 16.6. The van der Waals surface area contributed by atoms with E-state index < -0.39 is 0 Å². The van der Waals surface area contributed by atoms with Crippen molar-refractivity contribution in [2.45, 2.75) is 59.0 Å². The lowest BCUT2D eigenvalue weighted by molar-refractivity contribution is 0.319. The molecule has 3 rings (SSSR count). The molecule has 3 heterocycles. The topological polar surface area (TPSA) is 37.8 Å². The third kappa shape index (κ3) is 3.72. The summed E-state index contributed by atoms with van der Waals surface area (Å²) in [4.78, 5) is 9.14. The minimum atomic E-state index is 0.344. The van der Waals surface area contributed by atoms with E-state index >= 15 is 0 Å². The van der Waals surface area contributed by atoms with Gasteiger partial charge in [0.2, 0.25) is 0 Å². The van der Waals surface area contributed by atoms with Gasteiger partial charge >= 0.3 is 0 Å². The average molecular weight is 297 g/mol. The highest BCUT2D eigenvalue weighted by atomic mass is 15.0. The van der Waals surface area contributed by atoms with E-state index in [0.717, 1.165) is 12.8 Å². The van der Waals surface area contributed by atoms with Crippen molar-refractivity contribution in [2.75, 3.05) is 0 Å². The zero-order valence-corrected chi connectivity index (χ0v) is 14.1. The maximum absolute atomic E-state index is 4.57. The van der Waals surface area contributed by atoms with E-state index in [-0.39, 0.29) is 0 Å². The van der Waals surface area contributed by atoms with E-state index in [1.807, 2.05) is 38.4 Å². The lowest BCUT2D eigenvalue weighted by Gasteiger charge is -2.31. The van der Waals surface area contributed by atoms with Crippen LogP contribution in [0.5, 0.6) is 0 Å². The minimum Gasteiger partial charge on any atom is -0.300 e. The number of pyridine rings is 2. The second-order valence-corrected chi connectivity index (χ2v) is 5.61. The third-order valence-electron chi connectivity index (χ3n) is 4.15. The van der Waals surface area contributed by atoms with Crippen LogP contribution in [0.3, 0.4) is 0 Å². The second-order valence-electron chi connectivity index (χ2n) is 5.61. The van der Waals surface area contributed by atoms with Gasteiger partial charge in [-0.2, -0.15) is 0 Å². The number of nitrogens with one attached hydrogen (secondary N) is 1. The molecule has 3 heteroatoms. The first-order valence-corrected chi connectivity index (χ1v) is 8.35. The molecule has 2 atom stereocenters. The molecular weight excluding hydrogens is 270 g/mol. The molecule has 1 saturated heterocycles. The molecule has 1 N–H and O–H groups in total. The molecule has 2 aromatic heterocycles. The highest BCUT2D eigenvalue weighted by Gasteiger charge is 2.26. The van der Waals surface area contributed by atoms with Gasteiger partial charge in [0.1, 0.15) is 0 Å². The van der Waals surface area contributed by atoms with Crippen LogP contribution in [0.15, 0.2) is 36.7 Å². The molecular formula is C19H27N3. The van der Waals surface area contributed by atoms with Gasteiger partial charge in [0, 0.05) is 12.4 Å². The Kier molecular flexibility index (Phi) is 6.08. The van der Waals surface area contributed by atoms with E-state index in [0.29, 0.717) is 12.1 Å². The standard InChI is InChI=1S/C17H21N3.C2H6/c1-12-6-4-10-18-16(12)14-8-3-9-15(20-14)17-13(2)7-5-11-19-17;1-2/h4-7,10-11,14-15,20H,3,8-9H2,1-2H3;1-2H3. The molecule has 2 aromatic rings. The van der Waals surface area contributed by atoms with E-state index in [9.17, 15) is 0 Å². The van der Waals surface area contributed by atoms with Crippen LogP contribution in [0, 0.1) is 13.8 Å². The van der Waals surface area contributed by atoms with Gasteiger partial charge in [0.15, 0.2) is 0 Å². The fourth-order valence-corrected chi connectivity index (χ4v) is 3.09. The van der Waals surface area contributed by atoms with Crippen molar-refractivity contribution >= 4 is 0 Å². The summed E-state index contributed by atoms with van der Waals surface area (Å²) in [7, 11) is 0. The van der Waals surface area contributed by atoms with Crippen molar-refractivity contribution in [3.8, 4) is 0 Å². The lowest BCUT2D eigenvalue weighted by atomic mass is 9.91. The first-order chi connectivity index (χ1) is 10.8. The number of aromatic nitrogens is 2. The summed E-state index contributed by atoms with van der Waals surface area (Å²) in [6.45, 7) is 8.28. The predicted octanol–water partition coefficient (Wildman–Crippen LogP) is 4.68. The van der Waals surface area contributed by atoms with Crippen LogP contribution < -0.4 is 5.32 Å². The van der Waals surface area contributed by atoms with Crippen LogP contribution in [0.2, 0.25) is 0 Å². The van der Waals surface area contributed by atoms with Crippen LogP contribution in [-0.2, 0) is 0 Å². The Labute approximate surface area is 134 Å². The van der Waals surface area contributed by atoms with E-state index in [1.54, 1.807) is 0 Å². The Morgan fingerprint density at radius 1 is 0.864 bits per heavy atom. The molecule has 0 radical (unpaired) electrons. The first-order valence-electron chi connectivity index (χ1n) is 8.35. The SMILES string of the molecule is CC.Cc1cccnc1C1CCCC(c2ncccc2C)N1. The molecule has 1 fully saturated rings. The molecule has 2 unspecified atom stereocenters. The second kappa shape index (κ2) is 8.04. The van der Waals surface area contributed by atoms with E-state index in [2.05, 4.69) is 41.3 Å². The van der Waals surface area contributed by atoms with Gasteiger partial charge in [-0.1, -0.05) is 26.0 Å².